The lowest BCUT2D eigenvalue weighted by molar-refractivity contribution is 0.293. The molecule has 0 aromatic rings. The van der Waals surface area contributed by atoms with E-state index < -0.39 is 0 Å². The Bertz CT molecular complexity index is 271. The number of nitrogens with zero attached hydrogens (tertiary/aromatic N) is 4. The molecule has 0 unspecified atom stereocenters. The van der Waals surface area contributed by atoms with Gasteiger partial charge < -0.3 is 19.6 Å². The van der Waals surface area contributed by atoms with Crippen molar-refractivity contribution < 1.29 is 0 Å². The van der Waals surface area contributed by atoms with Crippen LogP contribution < -0.4 is 0 Å². The Kier molecular flexibility index (Phi) is 8.00. The van der Waals surface area contributed by atoms with E-state index in [0.717, 1.165) is 13.3 Å². The van der Waals surface area contributed by atoms with Crippen LogP contribution in [0.2, 0.25) is 0 Å². The molecule has 0 spiro atoms. The van der Waals surface area contributed by atoms with Crippen molar-refractivity contribution in [3.8, 4) is 0 Å². The van der Waals surface area contributed by atoms with Gasteiger partial charge in [-0.25, -0.2) is 0 Å². The Morgan fingerprint density at radius 2 is 1.10 bits per heavy atom. The van der Waals surface area contributed by atoms with Gasteiger partial charge in [0, 0.05) is 52.0 Å². The predicted octanol–water partition coefficient (Wildman–Crippen LogP) is 2.93. The maximum Gasteiger partial charge on any atom is 0.0890 e. The van der Waals surface area contributed by atoms with Crippen molar-refractivity contribution in [1.82, 2.24) is 19.6 Å². The van der Waals surface area contributed by atoms with Crippen LogP contribution in [0.5, 0.6) is 0 Å². The van der Waals surface area contributed by atoms with E-state index in [2.05, 4.69) is 72.3 Å². The third kappa shape index (κ3) is 6.73. The van der Waals surface area contributed by atoms with Crippen molar-refractivity contribution in [2.24, 2.45) is 0 Å². The molecule has 0 bridgehead atoms. The molecule has 0 radical (unpaired) electrons. The molecular formula is C16H32N4. The molecular weight excluding hydrogens is 248 g/mol. The fraction of sp³-hybridized carbons (Fsp3) is 0.750. The molecule has 0 fully saturated rings. The summed E-state index contributed by atoms with van der Waals surface area (Å²) in [6.07, 6.45) is 13.7. The van der Waals surface area contributed by atoms with Gasteiger partial charge in [0.25, 0.3) is 0 Å². The minimum atomic E-state index is 1.07. The van der Waals surface area contributed by atoms with Crippen molar-refractivity contribution in [3.63, 3.8) is 0 Å². The van der Waals surface area contributed by atoms with Crippen LogP contribution >= 0.6 is 0 Å². The molecule has 4 nitrogen and oxygen atoms in total. The topological polar surface area (TPSA) is 13.0 Å². The second-order valence-electron chi connectivity index (χ2n) is 5.72. The van der Waals surface area contributed by atoms with Crippen LogP contribution in [0, 0.1) is 0 Å². The lowest BCUT2D eigenvalue weighted by Crippen LogP contribution is -2.23. The van der Waals surface area contributed by atoms with E-state index in [-0.39, 0.29) is 0 Å². The number of rotatable bonds is 6. The zero-order valence-corrected chi connectivity index (χ0v) is 13.8. The van der Waals surface area contributed by atoms with Gasteiger partial charge >= 0.3 is 0 Å². The Morgan fingerprint density at radius 1 is 0.700 bits per heavy atom. The van der Waals surface area contributed by atoms with Crippen LogP contribution in [0.15, 0.2) is 24.8 Å². The molecule has 0 atom stereocenters. The first kappa shape index (κ1) is 16.7. The number of hydrogen-bond acceptors (Lipinski definition) is 4. The summed E-state index contributed by atoms with van der Waals surface area (Å²) in [5.41, 5.74) is 0. The molecule has 2 heterocycles. The normalized spacial score (nSPS) is 17.0. The molecule has 0 aliphatic carbocycles. The first-order valence-electron chi connectivity index (χ1n) is 7.91. The summed E-state index contributed by atoms with van der Waals surface area (Å²) < 4.78 is 0. The van der Waals surface area contributed by atoms with Crippen molar-refractivity contribution >= 4 is 0 Å². The van der Waals surface area contributed by atoms with E-state index in [0.29, 0.717) is 0 Å². The van der Waals surface area contributed by atoms with Crippen LogP contribution in [0.25, 0.3) is 0 Å². The summed E-state index contributed by atoms with van der Waals surface area (Å²) in [6.45, 7) is 9.00. The monoisotopic (exact) mass is 280 g/mol. The van der Waals surface area contributed by atoms with Gasteiger partial charge in [0.1, 0.15) is 0 Å². The van der Waals surface area contributed by atoms with E-state index in [1.165, 1.54) is 38.8 Å². The number of unbranched alkanes of at least 4 members (excludes halogenated alkanes) is 2. The van der Waals surface area contributed by atoms with Crippen LogP contribution in [-0.2, 0) is 0 Å². The third-order valence-electron chi connectivity index (χ3n) is 3.47. The largest absolute Gasteiger partial charge is 0.362 e. The van der Waals surface area contributed by atoms with Crippen molar-refractivity contribution in [2.75, 3.05) is 40.5 Å². The van der Waals surface area contributed by atoms with Gasteiger partial charge in [-0.2, -0.15) is 0 Å². The van der Waals surface area contributed by atoms with Gasteiger partial charge in [-0.05, 0) is 12.8 Å². The van der Waals surface area contributed by atoms with Crippen LogP contribution in [0.1, 0.15) is 39.5 Å². The first-order chi connectivity index (χ1) is 9.65. The lowest BCUT2D eigenvalue weighted by Gasteiger charge is -2.17. The van der Waals surface area contributed by atoms with Gasteiger partial charge in [-0.15, -0.1) is 0 Å². The molecule has 2 aliphatic rings. The van der Waals surface area contributed by atoms with E-state index >= 15 is 0 Å². The Morgan fingerprint density at radius 3 is 1.35 bits per heavy atom. The van der Waals surface area contributed by atoms with E-state index in [1.807, 2.05) is 0 Å². The predicted molar refractivity (Wildman–Crippen MR) is 86.8 cm³/mol. The lowest BCUT2D eigenvalue weighted by atomic mass is 10.3. The Labute approximate surface area is 125 Å². The molecule has 2 aliphatic heterocycles. The Balaban J connectivity index is 0.000000200. The first-order valence-corrected chi connectivity index (χ1v) is 7.91. The van der Waals surface area contributed by atoms with Crippen LogP contribution in [0.4, 0.5) is 0 Å². The SMILES string of the molecule is CCCCN1C=CN(C)C1.CCCCN1C=CN(C)C1. The maximum absolute atomic E-state index is 2.34. The zero-order valence-electron chi connectivity index (χ0n) is 13.8. The highest BCUT2D eigenvalue weighted by molar-refractivity contribution is 4.88. The average molecular weight is 280 g/mol. The van der Waals surface area contributed by atoms with Gasteiger partial charge in [-0.1, -0.05) is 26.7 Å². The molecule has 0 aromatic heterocycles. The third-order valence-corrected chi connectivity index (χ3v) is 3.47. The second-order valence-corrected chi connectivity index (χ2v) is 5.72. The molecule has 0 aromatic carbocycles. The summed E-state index contributed by atoms with van der Waals surface area (Å²) >= 11 is 0. The van der Waals surface area contributed by atoms with Crippen LogP contribution in [-0.4, -0.2) is 60.1 Å². The summed E-state index contributed by atoms with van der Waals surface area (Å²) in [6, 6.07) is 0. The van der Waals surface area contributed by atoms with Crippen LogP contribution in [0.3, 0.4) is 0 Å². The van der Waals surface area contributed by atoms with Gasteiger partial charge in [0.15, 0.2) is 0 Å². The summed E-state index contributed by atoms with van der Waals surface area (Å²) in [5, 5.41) is 0. The zero-order chi connectivity index (χ0) is 14.8. The second kappa shape index (κ2) is 9.56. The highest BCUT2D eigenvalue weighted by atomic mass is 15.3. The molecule has 4 heteroatoms. The molecule has 0 saturated heterocycles. The molecule has 116 valence electrons. The quantitative estimate of drug-likeness (QED) is 0.741. The molecule has 0 saturated carbocycles. The smallest absolute Gasteiger partial charge is 0.0890 e. The fourth-order valence-electron chi connectivity index (χ4n) is 2.19. The highest BCUT2D eigenvalue weighted by Crippen LogP contribution is 2.05. The Hall–Kier alpha value is -1.32. The van der Waals surface area contributed by atoms with E-state index in [4.69, 9.17) is 0 Å². The highest BCUT2D eigenvalue weighted by Gasteiger charge is 2.06. The minimum Gasteiger partial charge on any atom is -0.362 e. The standard InChI is InChI=1S/2C8H16N2/c2*1-3-4-5-10-7-6-9(2)8-10/h2*6-7H,3-5,8H2,1-2H3. The van der Waals surface area contributed by atoms with Gasteiger partial charge in [-0.3, -0.25) is 0 Å². The van der Waals surface area contributed by atoms with E-state index in [9.17, 15) is 0 Å². The molecule has 2 rings (SSSR count). The molecule has 20 heavy (non-hydrogen) atoms. The van der Waals surface area contributed by atoms with Gasteiger partial charge in [0.2, 0.25) is 0 Å². The fourth-order valence-corrected chi connectivity index (χ4v) is 2.19. The number of hydrogen-bond donors (Lipinski definition) is 0. The summed E-state index contributed by atoms with van der Waals surface area (Å²) in [7, 11) is 4.20. The van der Waals surface area contributed by atoms with Gasteiger partial charge in [0.05, 0.1) is 13.3 Å². The van der Waals surface area contributed by atoms with Crippen molar-refractivity contribution in [2.45, 2.75) is 39.5 Å². The van der Waals surface area contributed by atoms with Crippen molar-refractivity contribution in [3.05, 3.63) is 24.8 Å². The minimum absolute atomic E-state index is 1.07. The molecule has 0 amide bonds. The molecule has 0 N–H and O–H groups in total. The van der Waals surface area contributed by atoms with Crippen molar-refractivity contribution in [1.29, 1.82) is 0 Å². The summed E-state index contributed by atoms with van der Waals surface area (Å²) in [5.74, 6) is 0. The average Bonchev–Trinajstić information content (AvgIpc) is 3.03. The maximum atomic E-state index is 2.34. The van der Waals surface area contributed by atoms with E-state index in [1.54, 1.807) is 0 Å². The summed E-state index contributed by atoms with van der Waals surface area (Å²) in [4.78, 5) is 9.05.